The number of thioether (sulfide) groups is 1. The Morgan fingerprint density at radius 3 is 2.52 bits per heavy atom. The normalized spacial score (nSPS) is 10.6. The van der Waals surface area contributed by atoms with Crippen LogP contribution in [0.3, 0.4) is 0 Å². The fourth-order valence-electron chi connectivity index (χ4n) is 1.81. The molecule has 23 heavy (non-hydrogen) atoms. The molecule has 0 unspecified atom stereocenters. The van der Waals surface area contributed by atoms with Gasteiger partial charge in [0.15, 0.2) is 0 Å². The van der Waals surface area contributed by atoms with Crippen LogP contribution in [0.2, 0.25) is 0 Å². The number of carboxylic acids is 1. The number of rotatable bonds is 7. The van der Waals surface area contributed by atoms with Crippen molar-refractivity contribution in [1.82, 2.24) is 5.43 Å². The molecule has 0 aliphatic carbocycles. The first kappa shape index (κ1) is 16.8. The number of amides is 1. The molecule has 0 fully saturated rings. The molecule has 0 saturated heterocycles. The lowest BCUT2D eigenvalue weighted by atomic mass is 10.1. The Kier molecular flexibility index (Phi) is 6.38. The standard InChI is InChI=1S/C17H16N2O3S/c20-16(10-11-23-14-7-2-1-3-8-14)19-18-12-13-6-4-5-9-15(13)17(21)22/h1-9,12H,10-11H2,(H,19,20)(H,21,22)/b18-12-. The second-order valence-corrected chi connectivity index (χ2v) is 5.77. The summed E-state index contributed by atoms with van der Waals surface area (Å²) >= 11 is 1.59. The van der Waals surface area contributed by atoms with Crippen molar-refractivity contribution in [2.45, 2.75) is 11.3 Å². The molecule has 2 aromatic rings. The van der Waals surface area contributed by atoms with Crippen LogP contribution in [0.5, 0.6) is 0 Å². The Bertz CT molecular complexity index is 702. The molecule has 0 heterocycles. The molecule has 0 aliphatic heterocycles. The van der Waals surface area contributed by atoms with Crippen molar-refractivity contribution in [3.05, 3.63) is 65.7 Å². The minimum Gasteiger partial charge on any atom is -0.478 e. The Labute approximate surface area is 138 Å². The molecule has 0 saturated carbocycles. The van der Waals surface area contributed by atoms with Crippen molar-refractivity contribution < 1.29 is 14.7 Å². The summed E-state index contributed by atoms with van der Waals surface area (Å²) in [6, 6.07) is 16.3. The van der Waals surface area contributed by atoms with Gasteiger partial charge in [0.05, 0.1) is 11.8 Å². The lowest BCUT2D eigenvalue weighted by molar-refractivity contribution is -0.120. The monoisotopic (exact) mass is 328 g/mol. The van der Waals surface area contributed by atoms with Crippen LogP contribution >= 0.6 is 11.8 Å². The molecule has 0 atom stereocenters. The molecule has 5 nitrogen and oxygen atoms in total. The van der Waals surface area contributed by atoms with Gasteiger partial charge in [-0.05, 0) is 18.2 Å². The Morgan fingerprint density at radius 1 is 1.09 bits per heavy atom. The van der Waals surface area contributed by atoms with E-state index in [0.717, 1.165) is 4.90 Å². The third-order valence-corrected chi connectivity index (χ3v) is 3.94. The predicted octanol–water partition coefficient (Wildman–Crippen LogP) is 3.02. The summed E-state index contributed by atoms with van der Waals surface area (Å²) in [4.78, 5) is 23.8. The third-order valence-electron chi connectivity index (χ3n) is 2.93. The number of nitrogens with one attached hydrogen (secondary N) is 1. The summed E-state index contributed by atoms with van der Waals surface area (Å²) in [7, 11) is 0. The van der Waals surface area contributed by atoms with Crippen LogP contribution < -0.4 is 5.43 Å². The lowest BCUT2D eigenvalue weighted by Gasteiger charge is -2.02. The van der Waals surface area contributed by atoms with E-state index in [4.69, 9.17) is 5.11 Å². The summed E-state index contributed by atoms with van der Waals surface area (Å²) in [5.41, 5.74) is 2.99. The number of carboxylic acid groups (broad SMARTS) is 1. The summed E-state index contributed by atoms with van der Waals surface area (Å²) in [6.07, 6.45) is 1.67. The van der Waals surface area contributed by atoms with E-state index in [1.165, 1.54) is 12.3 Å². The minimum atomic E-state index is -1.03. The van der Waals surface area contributed by atoms with Crippen LogP contribution in [-0.4, -0.2) is 29.0 Å². The minimum absolute atomic E-state index is 0.144. The predicted molar refractivity (Wildman–Crippen MR) is 90.9 cm³/mol. The first-order chi connectivity index (χ1) is 11.2. The molecule has 0 bridgehead atoms. The molecule has 2 aromatic carbocycles. The van der Waals surface area contributed by atoms with Gasteiger partial charge >= 0.3 is 5.97 Å². The Morgan fingerprint density at radius 2 is 1.78 bits per heavy atom. The molecular weight excluding hydrogens is 312 g/mol. The average Bonchev–Trinajstić information content (AvgIpc) is 2.56. The Hall–Kier alpha value is -2.60. The van der Waals surface area contributed by atoms with Gasteiger partial charge < -0.3 is 5.11 Å². The summed E-state index contributed by atoms with van der Waals surface area (Å²) < 4.78 is 0. The van der Waals surface area contributed by atoms with E-state index >= 15 is 0 Å². The molecule has 6 heteroatoms. The van der Waals surface area contributed by atoms with Crippen molar-refractivity contribution in [3.8, 4) is 0 Å². The summed E-state index contributed by atoms with van der Waals surface area (Å²) in [5, 5.41) is 12.9. The average molecular weight is 328 g/mol. The number of carbonyl (C=O) groups is 2. The smallest absolute Gasteiger partial charge is 0.336 e. The lowest BCUT2D eigenvalue weighted by Crippen LogP contribution is -2.18. The molecule has 2 N–H and O–H groups in total. The molecule has 2 rings (SSSR count). The van der Waals surface area contributed by atoms with E-state index in [0.29, 0.717) is 17.7 Å². The third kappa shape index (κ3) is 5.60. The maximum Gasteiger partial charge on any atom is 0.336 e. The quantitative estimate of drug-likeness (QED) is 0.465. The van der Waals surface area contributed by atoms with Gasteiger partial charge in [-0.2, -0.15) is 5.10 Å². The highest BCUT2D eigenvalue weighted by molar-refractivity contribution is 7.99. The molecule has 0 radical (unpaired) electrons. The zero-order chi connectivity index (χ0) is 16.5. The number of aromatic carboxylic acids is 1. The van der Waals surface area contributed by atoms with Gasteiger partial charge in [-0.15, -0.1) is 11.8 Å². The van der Waals surface area contributed by atoms with Gasteiger partial charge in [0.25, 0.3) is 0 Å². The molecule has 0 spiro atoms. The number of carbonyl (C=O) groups excluding carboxylic acids is 1. The second kappa shape index (κ2) is 8.75. The number of benzene rings is 2. The van der Waals surface area contributed by atoms with E-state index in [2.05, 4.69) is 10.5 Å². The van der Waals surface area contributed by atoms with Crippen molar-refractivity contribution in [1.29, 1.82) is 0 Å². The number of hydrazone groups is 1. The van der Waals surface area contributed by atoms with E-state index in [9.17, 15) is 9.59 Å². The maximum atomic E-state index is 11.7. The van der Waals surface area contributed by atoms with Crippen LogP contribution in [0.4, 0.5) is 0 Å². The molecule has 118 valence electrons. The summed E-state index contributed by atoms with van der Waals surface area (Å²) in [6.45, 7) is 0. The van der Waals surface area contributed by atoms with Gasteiger partial charge in [0, 0.05) is 22.6 Å². The highest BCUT2D eigenvalue weighted by Gasteiger charge is 2.06. The molecule has 0 aromatic heterocycles. The van der Waals surface area contributed by atoms with E-state index in [-0.39, 0.29) is 11.5 Å². The number of nitrogens with zero attached hydrogens (tertiary/aromatic N) is 1. The van der Waals surface area contributed by atoms with Gasteiger partial charge in [0.2, 0.25) is 5.91 Å². The molecule has 0 aliphatic rings. The van der Waals surface area contributed by atoms with Crippen LogP contribution in [0.1, 0.15) is 22.3 Å². The van der Waals surface area contributed by atoms with Crippen LogP contribution in [0, 0.1) is 0 Å². The zero-order valence-corrected chi connectivity index (χ0v) is 13.1. The largest absolute Gasteiger partial charge is 0.478 e. The number of hydrogen-bond acceptors (Lipinski definition) is 4. The van der Waals surface area contributed by atoms with Gasteiger partial charge in [0.1, 0.15) is 0 Å². The highest BCUT2D eigenvalue weighted by atomic mass is 32.2. The van der Waals surface area contributed by atoms with Crippen molar-refractivity contribution in [2.75, 3.05) is 5.75 Å². The van der Waals surface area contributed by atoms with Crippen molar-refractivity contribution in [3.63, 3.8) is 0 Å². The zero-order valence-electron chi connectivity index (χ0n) is 12.3. The van der Waals surface area contributed by atoms with Gasteiger partial charge in [-0.25, -0.2) is 10.2 Å². The van der Waals surface area contributed by atoms with Crippen molar-refractivity contribution in [2.24, 2.45) is 5.10 Å². The van der Waals surface area contributed by atoms with E-state index in [1.807, 2.05) is 30.3 Å². The topological polar surface area (TPSA) is 78.8 Å². The first-order valence-corrected chi connectivity index (χ1v) is 7.97. The Balaban J connectivity index is 1.79. The SMILES string of the molecule is O=C(CCSc1ccccc1)N/N=C\c1ccccc1C(=O)O. The molecular formula is C17H16N2O3S. The van der Waals surface area contributed by atoms with Crippen LogP contribution in [0.15, 0.2) is 64.6 Å². The molecule has 1 amide bonds. The fraction of sp³-hybridized carbons (Fsp3) is 0.118. The van der Waals surface area contributed by atoms with Gasteiger partial charge in [-0.3, -0.25) is 4.79 Å². The maximum absolute atomic E-state index is 11.7. The first-order valence-electron chi connectivity index (χ1n) is 6.99. The number of hydrogen-bond donors (Lipinski definition) is 2. The van der Waals surface area contributed by atoms with E-state index < -0.39 is 5.97 Å². The van der Waals surface area contributed by atoms with Crippen molar-refractivity contribution >= 4 is 29.9 Å². The second-order valence-electron chi connectivity index (χ2n) is 4.60. The van der Waals surface area contributed by atoms with Crippen LogP contribution in [-0.2, 0) is 4.79 Å². The van der Waals surface area contributed by atoms with E-state index in [1.54, 1.807) is 30.0 Å². The highest BCUT2D eigenvalue weighted by Crippen LogP contribution is 2.17. The summed E-state index contributed by atoms with van der Waals surface area (Å²) in [5.74, 6) is -0.591. The van der Waals surface area contributed by atoms with Gasteiger partial charge in [-0.1, -0.05) is 36.4 Å². The fourth-order valence-corrected chi connectivity index (χ4v) is 2.69. The van der Waals surface area contributed by atoms with Crippen LogP contribution in [0.25, 0.3) is 0 Å².